The second-order valence-corrected chi connectivity index (χ2v) is 4.80. The molecule has 0 amide bonds. The van der Waals surface area contributed by atoms with Crippen LogP contribution < -0.4 is 0 Å². The topological polar surface area (TPSA) is 60.2 Å². The van der Waals surface area contributed by atoms with Crippen LogP contribution in [-0.2, 0) is 6.42 Å². The minimum absolute atomic E-state index is 0.00869. The Labute approximate surface area is 117 Å². The molecule has 2 rings (SSSR count). The van der Waals surface area contributed by atoms with Crippen molar-refractivity contribution in [2.75, 3.05) is 0 Å². The largest absolute Gasteiger partial charge is 0.294 e. The van der Waals surface area contributed by atoms with Crippen molar-refractivity contribution in [1.29, 1.82) is 0 Å². The smallest absolute Gasteiger partial charge is 0.273 e. The highest BCUT2D eigenvalue weighted by Crippen LogP contribution is 2.21. The number of aryl methyl sites for hydroxylation is 2. The quantitative estimate of drug-likeness (QED) is 0.483. The van der Waals surface area contributed by atoms with Gasteiger partial charge in [-0.1, -0.05) is 42.0 Å². The zero-order chi connectivity index (χ0) is 14.7. The molecule has 0 aliphatic rings. The maximum absolute atomic E-state index is 12.3. The zero-order valence-electron chi connectivity index (χ0n) is 11.4. The standard InChI is InChI=1S/C16H15NO3/c1-11-7-8-14(12(2)9-11)16(18)10-13-5-3-4-6-15(13)17(19)20/h3-9H,10H2,1-2H3. The van der Waals surface area contributed by atoms with Gasteiger partial charge in [0.2, 0.25) is 0 Å². The van der Waals surface area contributed by atoms with Gasteiger partial charge >= 0.3 is 0 Å². The van der Waals surface area contributed by atoms with E-state index in [2.05, 4.69) is 0 Å². The van der Waals surface area contributed by atoms with Crippen molar-refractivity contribution >= 4 is 11.5 Å². The van der Waals surface area contributed by atoms with Gasteiger partial charge in [0.15, 0.2) is 5.78 Å². The first-order chi connectivity index (χ1) is 9.49. The highest BCUT2D eigenvalue weighted by atomic mass is 16.6. The summed E-state index contributed by atoms with van der Waals surface area (Å²) in [5, 5.41) is 10.9. The van der Waals surface area contributed by atoms with Crippen LogP contribution in [0.25, 0.3) is 0 Å². The van der Waals surface area contributed by atoms with E-state index in [1.54, 1.807) is 24.3 Å². The molecule has 0 fully saturated rings. The number of nitrogens with zero attached hydrogens (tertiary/aromatic N) is 1. The van der Waals surface area contributed by atoms with Crippen LogP contribution >= 0.6 is 0 Å². The maximum Gasteiger partial charge on any atom is 0.273 e. The van der Waals surface area contributed by atoms with Gasteiger partial charge in [-0.2, -0.15) is 0 Å². The van der Waals surface area contributed by atoms with Gasteiger partial charge in [-0.25, -0.2) is 0 Å². The van der Waals surface area contributed by atoms with Crippen LogP contribution in [0.4, 0.5) is 5.69 Å². The highest BCUT2D eigenvalue weighted by molar-refractivity contribution is 5.99. The van der Waals surface area contributed by atoms with Gasteiger partial charge in [-0.05, 0) is 19.4 Å². The molecule has 0 aliphatic heterocycles. The molecule has 0 saturated heterocycles. The lowest BCUT2D eigenvalue weighted by atomic mass is 9.97. The molecular weight excluding hydrogens is 254 g/mol. The average molecular weight is 269 g/mol. The third kappa shape index (κ3) is 2.91. The second kappa shape index (κ2) is 5.65. The molecule has 0 heterocycles. The van der Waals surface area contributed by atoms with Crippen LogP contribution in [0.5, 0.6) is 0 Å². The summed E-state index contributed by atoms with van der Waals surface area (Å²) in [5.41, 5.74) is 3.04. The normalized spacial score (nSPS) is 10.3. The number of ketones is 1. The molecule has 0 unspecified atom stereocenters. The highest BCUT2D eigenvalue weighted by Gasteiger charge is 2.17. The minimum atomic E-state index is -0.454. The molecule has 2 aromatic carbocycles. The van der Waals surface area contributed by atoms with E-state index in [0.717, 1.165) is 11.1 Å². The van der Waals surface area contributed by atoms with Gasteiger partial charge in [0.1, 0.15) is 0 Å². The number of nitro groups is 1. The van der Waals surface area contributed by atoms with Crippen LogP contribution in [0.1, 0.15) is 27.0 Å². The number of nitro benzene ring substituents is 1. The van der Waals surface area contributed by atoms with E-state index in [9.17, 15) is 14.9 Å². The molecule has 2 aromatic rings. The Kier molecular flexibility index (Phi) is 3.94. The van der Waals surface area contributed by atoms with E-state index >= 15 is 0 Å². The Hall–Kier alpha value is -2.49. The van der Waals surface area contributed by atoms with Gasteiger partial charge in [-0.3, -0.25) is 14.9 Å². The van der Waals surface area contributed by atoms with Crippen molar-refractivity contribution in [3.05, 3.63) is 74.8 Å². The zero-order valence-corrected chi connectivity index (χ0v) is 11.4. The number of benzene rings is 2. The van der Waals surface area contributed by atoms with Crippen LogP contribution in [0.15, 0.2) is 42.5 Å². The van der Waals surface area contributed by atoms with Gasteiger partial charge in [-0.15, -0.1) is 0 Å². The first-order valence-corrected chi connectivity index (χ1v) is 6.32. The lowest BCUT2D eigenvalue weighted by Crippen LogP contribution is -2.07. The number of para-hydroxylation sites is 1. The van der Waals surface area contributed by atoms with Gasteiger partial charge in [0.25, 0.3) is 5.69 Å². The molecule has 0 atom stereocenters. The Morgan fingerprint density at radius 1 is 1.15 bits per heavy atom. The van der Waals surface area contributed by atoms with Crippen molar-refractivity contribution in [2.45, 2.75) is 20.3 Å². The first kappa shape index (κ1) is 13.9. The SMILES string of the molecule is Cc1ccc(C(=O)Cc2ccccc2[N+](=O)[O-])c(C)c1. The summed E-state index contributed by atoms with van der Waals surface area (Å²) in [6, 6.07) is 11.9. The van der Waals surface area contributed by atoms with E-state index < -0.39 is 4.92 Å². The summed E-state index contributed by atoms with van der Waals surface area (Å²) in [5.74, 6) is -0.100. The lowest BCUT2D eigenvalue weighted by Gasteiger charge is -2.06. The van der Waals surface area contributed by atoms with Crippen LogP contribution in [-0.4, -0.2) is 10.7 Å². The summed E-state index contributed by atoms with van der Waals surface area (Å²) in [6.45, 7) is 3.84. The number of carbonyl (C=O) groups is 1. The number of hydrogen-bond donors (Lipinski definition) is 0. The van der Waals surface area contributed by atoms with Gasteiger partial charge in [0, 0.05) is 23.6 Å². The third-order valence-electron chi connectivity index (χ3n) is 3.22. The lowest BCUT2D eigenvalue weighted by molar-refractivity contribution is -0.385. The third-order valence-corrected chi connectivity index (χ3v) is 3.22. The maximum atomic E-state index is 12.3. The molecule has 0 saturated carbocycles. The predicted molar refractivity (Wildman–Crippen MR) is 77.0 cm³/mol. The van der Waals surface area contributed by atoms with Crippen molar-refractivity contribution in [3.8, 4) is 0 Å². The Balaban J connectivity index is 2.30. The van der Waals surface area contributed by atoms with E-state index in [1.807, 2.05) is 26.0 Å². The number of rotatable bonds is 4. The summed E-state index contributed by atoms with van der Waals surface area (Å²) in [4.78, 5) is 22.8. The Bertz CT molecular complexity index is 677. The molecule has 20 heavy (non-hydrogen) atoms. The average Bonchev–Trinajstić information content (AvgIpc) is 2.38. The molecule has 4 heteroatoms. The van der Waals surface area contributed by atoms with Crippen molar-refractivity contribution < 1.29 is 9.72 Å². The molecular formula is C16H15NO3. The molecule has 0 bridgehead atoms. The van der Waals surface area contributed by atoms with E-state index in [0.29, 0.717) is 11.1 Å². The molecule has 0 radical (unpaired) electrons. The number of Topliss-reactive ketones (excluding diaryl/α,β-unsaturated/α-hetero) is 1. The fourth-order valence-corrected chi connectivity index (χ4v) is 2.23. The van der Waals surface area contributed by atoms with Crippen molar-refractivity contribution in [3.63, 3.8) is 0 Å². The minimum Gasteiger partial charge on any atom is -0.294 e. The Morgan fingerprint density at radius 2 is 1.85 bits per heavy atom. The number of hydrogen-bond acceptors (Lipinski definition) is 3. The van der Waals surface area contributed by atoms with Crippen LogP contribution in [0.3, 0.4) is 0 Å². The second-order valence-electron chi connectivity index (χ2n) is 4.80. The molecule has 0 N–H and O–H groups in total. The molecule has 102 valence electrons. The molecule has 4 nitrogen and oxygen atoms in total. The van der Waals surface area contributed by atoms with Gasteiger partial charge < -0.3 is 0 Å². The summed E-state index contributed by atoms with van der Waals surface area (Å²) in [7, 11) is 0. The molecule has 0 aromatic heterocycles. The van der Waals surface area contributed by atoms with Gasteiger partial charge in [0.05, 0.1) is 4.92 Å². The van der Waals surface area contributed by atoms with Crippen LogP contribution in [0, 0.1) is 24.0 Å². The predicted octanol–water partition coefficient (Wildman–Crippen LogP) is 3.64. The van der Waals surface area contributed by atoms with E-state index in [1.165, 1.54) is 6.07 Å². The summed E-state index contributed by atoms with van der Waals surface area (Å²) in [6.07, 6.45) is 0.0427. The van der Waals surface area contributed by atoms with Crippen molar-refractivity contribution in [2.24, 2.45) is 0 Å². The molecule has 0 aliphatic carbocycles. The van der Waals surface area contributed by atoms with E-state index in [4.69, 9.17) is 0 Å². The van der Waals surface area contributed by atoms with Crippen LogP contribution in [0.2, 0.25) is 0 Å². The number of carbonyl (C=O) groups excluding carboxylic acids is 1. The Morgan fingerprint density at radius 3 is 2.50 bits per heavy atom. The molecule has 0 spiro atoms. The van der Waals surface area contributed by atoms with E-state index in [-0.39, 0.29) is 17.9 Å². The fraction of sp³-hybridized carbons (Fsp3) is 0.188. The summed E-state index contributed by atoms with van der Waals surface area (Å²) >= 11 is 0. The fourth-order valence-electron chi connectivity index (χ4n) is 2.23. The first-order valence-electron chi connectivity index (χ1n) is 6.32. The van der Waals surface area contributed by atoms with Crippen molar-refractivity contribution in [1.82, 2.24) is 0 Å². The summed E-state index contributed by atoms with van der Waals surface area (Å²) < 4.78 is 0. The monoisotopic (exact) mass is 269 g/mol.